The molecule has 0 aromatic carbocycles. The highest BCUT2D eigenvalue weighted by Gasteiger charge is 2.27. The molecule has 1 fully saturated rings. The number of fused-ring (bicyclic) bond motifs is 2. The van der Waals surface area contributed by atoms with Crippen molar-refractivity contribution < 1.29 is 4.79 Å². The average molecular weight is 386 g/mol. The molecule has 1 saturated heterocycles. The maximum absolute atomic E-state index is 13.1. The standard InChI is InChI=1S/C21H31N5O2/c1-4-6-20(27)25-9-5-7-15(12-25)18-11-19-22-17-8-10-24(14(2)3)13-16(17)21(28)26(19)23-18/h11,14-15,23H,4-10,12-13H2,1-3H3. The molecule has 2 aliphatic rings. The van der Waals surface area contributed by atoms with Crippen molar-refractivity contribution in [2.45, 2.75) is 71.4 Å². The largest absolute Gasteiger partial charge is 0.342 e. The Morgan fingerprint density at radius 3 is 2.93 bits per heavy atom. The van der Waals surface area contributed by atoms with E-state index in [4.69, 9.17) is 4.98 Å². The van der Waals surface area contributed by atoms with Gasteiger partial charge in [-0.1, -0.05) is 6.92 Å². The van der Waals surface area contributed by atoms with Gasteiger partial charge in [0.2, 0.25) is 5.91 Å². The molecule has 1 unspecified atom stereocenters. The van der Waals surface area contributed by atoms with E-state index in [-0.39, 0.29) is 17.4 Å². The molecule has 1 atom stereocenters. The van der Waals surface area contributed by atoms with Crippen molar-refractivity contribution in [1.82, 2.24) is 24.4 Å². The van der Waals surface area contributed by atoms with Crippen molar-refractivity contribution in [2.24, 2.45) is 0 Å². The molecule has 0 radical (unpaired) electrons. The maximum atomic E-state index is 13.1. The van der Waals surface area contributed by atoms with E-state index in [1.807, 2.05) is 17.9 Å². The third-order valence-corrected chi connectivity index (χ3v) is 6.22. The zero-order valence-corrected chi connectivity index (χ0v) is 17.2. The topological polar surface area (TPSA) is 73.7 Å². The number of likely N-dealkylation sites (tertiary alicyclic amines) is 1. The quantitative estimate of drug-likeness (QED) is 0.876. The van der Waals surface area contributed by atoms with Gasteiger partial charge in [-0.25, -0.2) is 9.50 Å². The van der Waals surface area contributed by atoms with E-state index in [1.165, 1.54) is 0 Å². The number of aromatic amines is 1. The Balaban J connectivity index is 1.63. The first-order valence-corrected chi connectivity index (χ1v) is 10.6. The van der Waals surface area contributed by atoms with Gasteiger partial charge in [0.25, 0.3) is 5.56 Å². The monoisotopic (exact) mass is 385 g/mol. The fraction of sp³-hybridized carbons (Fsp3) is 0.667. The first-order valence-electron chi connectivity index (χ1n) is 10.6. The molecule has 2 aliphatic heterocycles. The smallest absolute Gasteiger partial charge is 0.277 e. The highest BCUT2D eigenvalue weighted by molar-refractivity contribution is 5.76. The van der Waals surface area contributed by atoms with Crippen molar-refractivity contribution in [3.05, 3.63) is 33.4 Å². The summed E-state index contributed by atoms with van der Waals surface area (Å²) < 4.78 is 1.60. The van der Waals surface area contributed by atoms with Crippen LogP contribution in [0, 0.1) is 0 Å². The number of nitrogens with one attached hydrogen (secondary N) is 1. The van der Waals surface area contributed by atoms with Crippen LogP contribution in [-0.2, 0) is 17.8 Å². The van der Waals surface area contributed by atoms with Crippen LogP contribution in [0.1, 0.15) is 69.3 Å². The van der Waals surface area contributed by atoms with Crippen LogP contribution in [0.5, 0.6) is 0 Å². The predicted octanol–water partition coefficient (Wildman–Crippen LogP) is 2.30. The molecule has 0 spiro atoms. The summed E-state index contributed by atoms with van der Waals surface area (Å²) in [6, 6.07) is 2.43. The maximum Gasteiger partial charge on any atom is 0.277 e. The summed E-state index contributed by atoms with van der Waals surface area (Å²) in [6.45, 7) is 9.54. The molecule has 2 aromatic rings. The normalized spacial score (nSPS) is 20.7. The zero-order valence-electron chi connectivity index (χ0n) is 17.2. The van der Waals surface area contributed by atoms with Crippen LogP contribution in [0.4, 0.5) is 0 Å². The Morgan fingerprint density at radius 1 is 1.36 bits per heavy atom. The summed E-state index contributed by atoms with van der Waals surface area (Å²) >= 11 is 0. The number of carbonyl (C=O) groups excluding carboxylic acids is 1. The van der Waals surface area contributed by atoms with Crippen LogP contribution in [0.15, 0.2) is 10.9 Å². The minimum absolute atomic E-state index is 0.0197. The average Bonchev–Trinajstić information content (AvgIpc) is 3.12. The van der Waals surface area contributed by atoms with Crippen LogP contribution in [0.25, 0.3) is 5.65 Å². The minimum Gasteiger partial charge on any atom is -0.342 e. The van der Waals surface area contributed by atoms with Gasteiger partial charge in [0, 0.05) is 62.7 Å². The Hall–Kier alpha value is -2.15. The molecule has 152 valence electrons. The minimum atomic E-state index is 0.0197. The van der Waals surface area contributed by atoms with E-state index in [2.05, 4.69) is 23.8 Å². The summed E-state index contributed by atoms with van der Waals surface area (Å²) in [5.41, 5.74) is 3.49. The van der Waals surface area contributed by atoms with E-state index < -0.39 is 0 Å². The second kappa shape index (κ2) is 7.70. The zero-order chi connectivity index (χ0) is 19.8. The van der Waals surface area contributed by atoms with Crippen molar-refractivity contribution in [1.29, 1.82) is 0 Å². The van der Waals surface area contributed by atoms with Gasteiger partial charge in [-0.2, -0.15) is 0 Å². The van der Waals surface area contributed by atoms with E-state index >= 15 is 0 Å². The van der Waals surface area contributed by atoms with Gasteiger partial charge in [-0.05, 0) is 33.1 Å². The summed E-state index contributed by atoms with van der Waals surface area (Å²) in [4.78, 5) is 34.5. The number of hydrogen-bond donors (Lipinski definition) is 1. The first-order chi connectivity index (χ1) is 13.5. The molecule has 4 heterocycles. The highest BCUT2D eigenvalue weighted by atomic mass is 16.2. The summed E-state index contributed by atoms with van der Waals surface area (Å²) in [7, 11) is 0. The number of piperidine rings is 1. The lowest BCUT2D eigenvalue weighted by molar-refractivity contribution is -0.132. The lowest BCUT2D eigenvalue weighted by Gasteiger charge is -2.32. The summed E-state index contributed by atoms with van der Waals surface area (Å²) in [5.74, 6) is 0.475. The number of hydrogen-bond acceptors (Lipinski definition) is 4. The Morgan fingerprint density at radius 2 is 2.18 bits per heavy atom. The highest BCUT2D eigenvalue weighted by Crippen LogP contribution is 2.27. The van der Waals surface area contributed by atoms with E-state index in [9.17, 15) is 9.59 Å². The lowest BCUT2D eigenvalue weighted by Crippen LogP contribution is -2.40. The van der Waals surface area contributed by atoms with Gasteiger partial charge < -0.3 is 4.90 Å². The fourth-order valence-electron chi connectivity index (χ4n) is 4.50. The number of H-pyrrole nitrogens is 1. The fourth-order valence-corrected chi connectivity index (χ4v) is 4.50. The van der Waals surface area contributed by atoms with E-state index in [0.717, 1.165) is 62.3 Å². The molecule has 4 rings (SSSR count). The van der Waals surface area contributed by atoms with Gasteiger partial charge in [-0.3, -0.25) is 19.6 Å². The Kier molecular flexibility index (Phi) is 5.27. The first kappa shape index (κ1) is 19.2. The Bertz CT molecular complexity index is 929. The van der Waals surface area contributed by atoms with Crippen LogP contribution in [0.3, 0.4) is 0 Å². The third-order valence-electron chi connectivity index (χ3n) is 6.22. The van der Waals surface area contributed by atoms with Crippen molar-refractivity contribution in [2.75, 3.05) is 19.6 Å². The third kappa shape index (κ3) is 3.48. The number of aromatic nitrogens is 3. The van der Waals surface area contributed by atoms with Crippen molar-refractivity contribution in [3.8, 4) is 0 Å². The van der Waals surface area contributed by atoms with Crippen LogP contribution >= 0.6 is 0 Å². The molecule has 1 N–H and O–H groups in total. The molecular formula is C21H31N5O2. The van der Waals surface area contributed by atoms with Crippen LogP contribution in [-0.4, -0.2) is 56.0 Å². The number of carbonyl (C=O) groups is 1. The van der Waals surface area contributed by atoms with Gasteiger partial charge >= 0.3 is 0 Å². The van der Waals surface area contributed by atoms with Gasteiger partial charge in [0.15, 0.2) is 5.65 Å². The Labute approximate surface area is 165 Å². The van der Waals surface area contributed by atoms with Crippen LogP contribution in [0.2, 0.25) is 0 Å². The lowest BCUT2D eigenvalue weighted by atomic mass is 9.94. The second-order valence-corrected chi connectivity index (χ2v) is 8.49. The SMILES string of the molecule is CCCC(=O)N1CCCC(c2cc3nc4c(c(=O)n3[nH]2)CN(C(C)C)CC4)C1. The molecule has 2 aromatic heterocycles. The number of amides is 1. The second-order valence-electron chi connectivity index (χ2n) is 8.49. The van der Waals surface area contributed by atoms with E-state index in [0.29, 0.717) is 24.7 Å². The molecule has 7 nitrogen and oxygen atoms in total. The summed E-state index contributed by atoms with van der Waals surface area (Å²) in [6.07, 6.45) is 4.34. The van der Waals surface area contributed by atoms with Crippen LogP contribution < -0.4 is 5.56 Å². The number of rotatable bonds is 4. The molecule has 0 aliphatic carbocycles. The van der Waals surface area contributed by atoms with Gasteiger partial charge in [0.1, 0.15) is 0 Å². The molecule has 0 saturated carbocycles. The molecular weight excluding hydrogens is 354 g/mol. The van der Waals surface area contributed by atoms with Crippen molar-refractivity contribution in [3.63, 3.8) is 0 Å². The van der Waals surface area contributed by atoms with Crippen molar-refractivity contribution >= 4 is 11.6 Å². The molecule has 0 bridgehead atoms. The number of nitrogens with zero attached hydrogens (tertiary/aromatic N) is 4. The predicted molar refractivity (Wildman–Crippen MR) is 109 cm³/mol. The molecule has 7 heteroatoms. The molecule has 28 heavy (non-hydrogen) atoms. The van der Waals surface area contributed by atoms with E-state index in [1.54, 1.807) is 4.52 Å². The molecule has 1 amide bonds. The van der Waals surface area contributed by atoms with Gasteiger partial charge in [-0.15, -0.1) is 0 Å². The summed E-state index contributed by atoms with van der Waals surface area (Å²) in [5, 5.41) is 3.30. The van der Waals surface area contributed by atoms with Gasteiger partial charge in [0.05, 0.1) is 11.3 Å².